The first-order valence-electron chi connectivity index (χ1n) is 46.6. The first kappa shape index (κ1) is 82.4. The van der Waals surface area contributed by atoms with Crippen molar-refractivity contribution in [2.24, 2.45) is 0 Å². The lowest BCUT2D eigenvalue weighted by Crippen LogP contribution is -2.30. The average molecular weight is 1740 g/mol. The topological polar surface area (TPSA) is 13.0 Å². The lowest BCUT2D eigenvalue weighted by Gasteiger charge is -2.42. The highest BCUT2D eigenvalue weighted by Crippen LogP contribution is 2.55. The highest BCUT2D eigenvalue weighted by Gasteiger charge is 2.37. The summed E-state index contributed by atoms with van der Waals surface area (Å²) >= 11 is 1.85. The predicted octanol–water partition coefficient (Wildman–Crippen LogP) is 37.4. The molecule has 24 aromatic rings. The predicted molar refractivity (Wildman–Crippen MR) is 579 cm³/mol. The minimum atomic E-state index is -0.0521. The Morgan fingerprint density at radius 1 is 0.201 bits per heavy atom. The summed E-state index contributed by atoms with van der Waals surface area (Å²) < 4.78 is 0. The third kappa shape index (κ3) is 14.8. The van der Waals surface area contributed by atoms with Gasteiger partial charge in [0.05, 0.1) is 22.7 Å². The Bertz CT molecular complexity index is 8600. The van der Waals surface area contributed by atoms with Gasteiger partial charge in [0, 0.05) is 60.7 Å². The van der Waals surface area contributed by atoms with Gasteiger partial charge in [-0.15, -0.1) is 0 Å². The summed E-state index contributed by atoms with van der Waals surface area (Å²) in [5.41, 5.74) is 24.8. The lowest BCUT2D eigenvalue weighted by molar-refractivity contribution is 0.632. The van der Waals surface area contributed by atoms with Crippen molar-refractivity contribution in [1.82, 2.24) is 0 Å². The van der Waals surface area contributed by atoms with Gasteiger partial charge in [-0.1, -0.05) is 375 Å². The highest BCUT2D eigenvalue weighted by atomic mass is 32.2. The molecule has 0 spiro atoms. The van der Waals surface area contributed by atoms with Gasteiger partial charge in [-0.25, -0.2) is 0 Å². The van der Waals surface area contributed by atoms with Crippen molar-refractivity contribution in [2.45, 2.75) is 70.6 Å². The van der Waals surface area contributed by atoms with E-state index in [1.54, 1.807) is 0 Å². The van der Waals surface area contributed by atoms with Gasteiger partial charge in [-0.3, -0.25) is 0 Å². The zero-order chi connectivity index (χ0) is 90.4. The van der Waals surface area contributed by atoms with Crippen LogP contribution in [-0.2, 0) is 5.41 Å². The zero-order valence-electron chi connectivity index (χ0n) is 76.4. The number of aryl methyl sites for hydroxylation is 6. The number of benzene rings is 24. The van der Waals surface area contributed by atoms with Gasteiger partial charge in [0.1, 0.15) is 0 Å². The van der Waals surface area contributed by atoms with Gasteiger partial charge in [0.2, 0.25) is 0 Å². The maximum atomic E-state index is 2.44. The van der Waals surface area contributed by atoms with Crippen molar-refractivity contribution in [3.63, 3.8) is 0 Å². The fourth-order valence-electron chi connectivity index (χ4n) is 21.1. The van der Waals surface area contributed by atoms with E-state index in [0.29, 0.717) is 0 Å². The fraction of sp³-hybridized carbons (Fsp3) is 0.0698. The van der Waals surface area contributed by atoms with E-state index in [1.807, 2.05) is 11.8 Å². The first-order chi connectivity index (χ1) is 65.7. The Morgan fingerprint density at radius 2 is 0.463 bits per heavy atom. The van der Waals surface area contributed by atoms with Crippen LogP contribution in [0.1, 0.15) is 58.4 Å². The molecule has 4 nitrogen and oxygen atoms in total. The van der Waals surface area contributed by atoms with Crippen LogP contribution in [0.3, 0.4) is 0 Å². The lowest BCUT2D eigenvalue weighted by atomic mass is 9.73. The van der Waals surface area contributed by atoms with Gasteiger partial charge in [0.25, 0.3) is 0 Å². The van der Waals surface area contributed by atoms with Crippen molar-refractivity contribution in [3.05, 3.63) is 493 Å². The third-order valence-electron chi connectivity index (χ3n) is 27.7. The fourth-order valence-corrected chi connectivity index (χ4v) is 22.2. The van der Waals surface area contributed by atoms with E-state index in [1.165, 1.54) is 235 Å². The average Bonchev–Trinajstić information content (AvgIpc) is 0.738. The molecular formula is C129H98N4S. The van der Waals surface area contributed by atoms with E-state index in [4.69, 9.17) is 0 Å². The van der Waals surface area contributed by atoms with Crippen LogP contribution in [0.2, 0.25) is 0 Å². The molecule has 134 heavy (non-hydrogen) atoms. The molecule has 2 heterocycles. The Morgan fingerprint density at radius 3 is 0.821 bits per heavy atom. The van der Waals surface area contributed by atoms with Crippen LogP contribution < -0.4 is 19.6 Å². The van der Waals surface area contributed by atoms with Crippen LogP contribution in [0.5, 0.6) is 0 Å². The molecule has 5 heteroatoms. The molecule has 0 aromatic heterocycles. The quantitative estimate of drug-likeness (QED) is 0.140. The number of hydrogen-bond donors (Lipinski definition) is 0. The zero-order valence-corrected chi connectivity index (χ0v) is 77.2. The summed E-state index contributed by atoms with van der Waals surface area (Å²) in [6.07, 6.45) is 0. The van der Waals surface area contributed by atoms with E-state index in [-0.39, 0.29) is 5.41 Å². The molecule has 24 aromatic carbocycles. The SMILES string of the molecule is CC1(C)c2ccccc2N(c2ccc3ccc4ccc5ccccc5c4c3c2)c2ccccc21.Cc1ccc(N(c2ccc(C)cc2)c2ccc3ccc4ccc5ccccc5c4c3c2)cc1.Cc1ccc(N(c2ccc3ccc4ccc5ccccc5c4c3c2)c2ccc(C)cc2C)c(C)c1.c1ccc2c(c1)Sc1ccccc1N2c1ccc2ccc3ccc4ccccc4c3c2c1. The minimum Gasteiger partial charge on any atom is -0.310 e. The standard InChI is InChI=1S/C34H29N.C33H25N.C32H25N.C30H19NS/c1-22-9-17-32(24(3)19-22)35(33-18-10-23(2)20-25(33)4)29-16-15-27-12-14-28-13-11-26-7-5-6-8-30(26)34(28)31(27)21-29;1-33(2)28-11-5-7-13-30(28)34(31-14-8-6-12-29(31)33)25-20-19-23-16-18-24-17-15-22-9-3-4-10-26(22)32(24)27(23)21-25;1-22-7-16-27(17-8-22)33(28-18-9-23(2)10-19-28)29-20-15-25-12-14-26-13-11-24-5-3-4-6-30(24)32(26)31(25)21-29;1-2-8-24-20(7-1)13-15-22-16-14-21-17-18-23(19-25(21)30(22)24)31-26-9-3-5-11-28(26)32-29-12-6-4-10-27(29)31/h5-21H,1-4H3;3-21H,1-2H3;3-21H,1-2H3;1-19H. The summed E-state index contributed by atoms with van der Waals surface area (Å²) in [5, 5.41) is 31.0. The van der Waals surface area contributed by atoms with Crippen LogP contribution in [0.25, 0.3) is 129 Å². The third-order valence-corrected chi connectivity index (χ3v) is 28.8. The van der Waals surface area contributed by atoms with Crippen LogP contribution in [0, 0.1) is 41.5 Å². The molecule has 0 aliphatic carbocycles. The molecule has 0 amide bonds. The van der Waals surface area contributed by atoms with Gasteiger partial charge < -0.3 is 19.6 Å². The van der Waals surface area contributed by atoms with E-state index >= 15 is 0 Å². The smallest absolute Gasteiger partial charge is 0.0601 e. The van der Waals surface area contributed by atoms with Crippen LogP contribution in [0.4, 0.5) is 68.2 Å². The van der Waals surface area contributed by atoms with Crippen LogP contribution >= 0.6 is 11.8 Å². The number of nitrogens with zero attached hydrogens (tertiary/aromatic N) is 4. The Labute approximate surface area is 787 Å². The van der Waals surface area contributed by atoms with E-state index in [0.717, 1.165) is 17.1 Å². The van der Waals surface area contributed by atoms with Gasteiger partial charge in [-0.2, -0.15) is 0 Å². The number of anilines is 12. The molecule has 0 saturated carbocycles. The molecular weight excluding hydrogens is 1640 g/mol. The number of para-hydroxylation sites is 4. The molecule has 26 rings (SSSR count). The van der Waals surface area contributed by atoms with Crippen molar-refractivity contribution in [1.29, 1.82) is 0 Å². The highest BCUT2D eigenvalue weighted by molar-refractivity contribution is 7.99. The van der Waals surface area contributed by atoms with Crippen LogP contribution in [-0.4, -0.2) is 0 Å². The Kier molecular flexibility index (Phi) is 20.9. The monoisotopic (exact) mass is 1730 g/mol. The maximum Gasteiger partial charge on any atom is 0.0601 e. The van der Waals surface area contributed by atoms with E-state index in [9.17, 15) is 0 Å². The van der Waals surface area contributed by atoms with Crippen molar-refractivity contribution < 1.29 is 0 Å². The molecule has 640 valence electrons. The van der Waals surface area contributed by atoms with Crippen LogP contribution in [0.15, 0.2) is 459 Å². The Hall–Kier alpha value is -16.1. The molecule has 2 aliphatic rings. The second-order valence-electron chi connectivity index (χ2n) is 36.7. The normalized spacial score (nSPS) is 12.5. The number of fused-ring (bicyclic) bond motifs is 24. The van der Waals surface area contributed by atoms with Gasteiger partial charge in [0.15, 0.2) is 0 Å². The second-order valence-corrected chi connectivity index (χ2v) is 37.8. The summed E-state index contributed by atoms with van der Waals surface area (Å²) in [5.74, 6) is 0. The molecule has 0 bridgehead atoms. The summed E-state index contributed by atoms with van der Waals surface area (Å²) in [4.78, 5) is 12.2. The number of rotatable bonds is 8. The van der Waals surface area contributed by atoms with E-state index < -0.39 is 0 Å². The molecule has 0 saturated heterocycles. The minimum absolute atomic E-state index is 0.0521. The molecule has 0 radical (unpaired) electrons. The maximum absolute atomic E-state index is 2.44. The van der Waals surface area contributed by atoms with E-state index in [2.05, 4.69) is 524 Å². The molecule has 0 atom stereocenters. The summed E-state index contributed by atoms with van der Waals surface area (Å²) in [7, 11) is 0. The van der Waals surface area contributed by atoms with Crippen molar-refractivity contribution in [2.75, 3.05) is 19.6 Å². The molecule has 0 unspecified atom stereocenters. The van der Waals surface area contributed by atoms with Gasteiger partial charge >= 0.3 is 0 Å². The molecule has 0 N–H and O–H groups in total. The second kappa shape index (κ2) is 34.0. The van der Waals surface area contributed by atoms with Crippen molar-refractivity contribution >= 4 is 209 Å². The largest absolute Gasteiger partial charge is 0.310 e. The van der Waals surface area contributed by atoms with Crippen molar-refractivity contribution in [3.8, 4) is 0 Å². The summed E-state index contributed by atoms with van der Waals surface area (Å²) in [6, 6.07) is 164. The Balaban J connectivity index is 0.000000101. The summed E-state index contributed by atoms with van der Waals surface area (Å²) in [6.45, 7) is 17.7. The first-order valence-corrected chi connectivity index (χ1v) is 47.4. The van der Waals surface area contributed by atoms with Gasteiger partial charge in [-0.05, 0) is 314 Å². The molecule has 2 aliphatic heterocycles. The molecule has 0 fully saturated rings. The number of hydrogen-bond acceptors (Lipinski definition) is 5.